The van der Waals surface area contributed by atoms with E-state index in [1.807, 2.05) is 0 Å². The largest absolute Gasteiger partial charge is 0.499 e. The first-order valence-corrected chi connectivity index (χ1v) is 10.2. The summed E-state index contributed by atoms with van der Waals surface area (Å²) in [6.45, 7) is 7.99. The molecular weight excluding hydrogens is 352 g/mol. The average Bonchev–Trinajstić information content (AvgIpc) is 2.68. The molecule has 0 aromatic heterocycles. The Hall–Kier alpha value is -0.700. The highest BCUT2D eigenvalue weighted by Crippen LogP contribution is 2.02. The van der Waals surface area contributed by atoms with Gasteiger partial charge in [0.2, 0.25) is 0 Å². The Labute approximate surface area is 164 Å². The van der Waals surface area contributed by atoms with E-state index >= 15 is 0 Å². The van der Waals surface area contributed by atoms with Gasteiger partial charge in [0.25, 0.3) is 0 Å². The molecule has 0 unspecified atom stereocenters. The van der Waals surface area contributed by atoms with Gasteiger partial charge in [-0.15, -0.1) is 0 Å². The molecule has 0 fully saturated rings. The number of rotatable bonds is 23. The highest BCUT2D eigenvalue weighted by molar-refractivity contribution is 4.73. The van der Waals surface area contributed by atoms with Gasteiger partial charge in [0.15, 0.2) is 0 Å². The fourth-order valence-corrected chi connectivity index (χ4v) is 2.05. The van der Waals surface area contributed by atoms with E-state index in [1.54, 1.807) is 6.26 Å². The van der Waals surface area contributed by atoms with Gasteiger partial charge in [0, 0.05) is 0 Å². The first-order valence-electron chi connectivity index (χ1n) is 10.2. The highest BCUT2D eigenvalue weighted by atomic mass is 16.6. The smallest absolute Gasteiger partial charge is 0.111 e. The molecule has 0 radical (unpaired) electrons. The molecule has 0 aliphatic carbocycles. The number of hydrogen-bond acceptors (Lipinski definition) is 7. The Morgan fingerprint density at radius 2 is 1.07 bits per heavy atom. The topological polar surface area (TPSA) is 75.6 Å². The minimum atomic E-state index is 0.0402. The second kappa shape index (κ2) is 25.3. The van der Waals surface area contributed by atoms with Gasteiger partial charge in [0.05, 0.1) is 78.9 Å². The van der Waals surface area contributed by atoms with Crippen LogP contribution in [0.15, 0.2) is 12.3 Å². The zero-order valence-corrected chi connectivity index (χ0v) is 17.1. The zero-order chi connectivity index (χ0) is 19.7. The van der Waals surface area contributed by atoms with Gasteiger partial charge in [0.1, 0.15) is 6.61 Å². The molecule has 0 saturated carbocycles. The van der Waals surface area contributed by atoms with Crippen LogP contribution in [0.3, 0.4) is 0 Å². The third kappa shape index (κ3) is 25.3. The minimum absolute atomic E-state index is 0.0402. The molecule has 162 valence electrons. The van der Waals surface area contributed by atoms with E-state index in [9.17, 15) is 0 Å². The minimum Gasteiger partial charge on any atom is -0.499 e. The van der Waals surface area contributed by atoms with E-state index < -0.39 is 0 Å². The summed E-state index contributed by atoms with van der Waals surface area (Å²) in [7, 11) is 0. The molecule has 27 heavy (non-hydrogen) atoms. The lowest BCUT2D eigenvalue weighted by Gasteiger charge is -2.07. The lowest BCUT2D eigenvalue weighted by atomic mass is 10.1. The van der Waals surface area contributed by atoms with Crippen LogP contribution in [0.2, 0.25) is 0 Å². The molecule has 0 spiro atoms. The van der Waals surface area contributed by atoms with Crippen LogP contribution in [-0.4, -0.2) is 84.4 Å². The summed E-state index contributed by atoms with van der Waals surface area (Å²) in [5.41, 5.74) is 0. The third-order valence-electron chi connectivity index (χ3n) is 3.49. The lowest BCUT2D eigenvalue weighted by molar-refractivity contribution is -0.0155. The van der Waals surface area contributed by atoms with Gasteiger partial charge >= 0.3 is 0 Å². The summed E-state index contributed by atoms with van der Waals surface area (Å²) in [4.78, 5) is 0. The van der Waals surface area contributed by atoms with Crippen LogP contribution in [0.25, 0.3) is 0 Å². The summed E-state index contributed by atoms with van der Waals surface area (Å²) in [5.74, 6) is 0. The molecule has 0 aromatic carbocycles. The first-order chi connectivity index (χ1) is 13.4. The van der Waals surface area contributed by atoms with E-state index in [2.05, 4.69) is 13.0 Å². The Morgan fingerprint density at radius 3 is 1.56 bits per heavy atom. The van der Waals surface area contributed by atoms with Crippen LogP contribution in [0.4, 0.5) is 0 Å². The summed E-state index contributed by atoms with van der Waals surface area (Å²) in [6, 6.07) is 0. The van der Waals surface area contributed by atoms with Crippen molar-refractivity contribution in [2.24, 2.45) is 0 Å². The molecule has 0 saturated heterocycles. The third-order valence-corrected chi connectivity index (χ3v) is 3.49. The molecule has 0 bridgehead atoms. The van der Waals surface area contributed by atoms with Crippen LogP contribution in [0.1, 0.15) is 39.0 Å². The molecule has 7 heteroatoms. The van der Waals surface area contributed by atoms with Crippen molar-refractivity contribution in [3.05, 3.63) is 12.3 Å². The number of ether oxygens (including phenoxy) is 6. The summed E-state index contributed by atoms with van der Waals surface area (Å²) in [6.07, 6.45) is 10.1. The van der Waals surface area contributed by atoms with Gasteiger partial charge in [-0.3, -0.25) is 0 Å². The molecule has 0 aliphatic rings. The van der Waals surface area contributed by atoms with E-state index in [-0.39, 0.29) is 6.61 Å². The van der Waals surface area contributed by atoms with Crippen molar-refractivity contribution >= 4 is 0 Å². The van der Waals surface area contributed by atoms with Crippen LogP contribution in [-0.2, 0) is 28.4 Å². The maximum Gasteiger partial charge on any atom is 0.111 e. The Morgan fingerprint density at radius 1 is 0.593 bits per heavy atom. The van der Waals surface area contributed by atoms with Crippen molar-refractivity contribution < 1.29 is 33.5 Å². The van der Waals surface area contributed by atoms with E-state index in [4.69, 9.17) is 33.5 Å². The average molecular weight is 393 g/mol. The van der Waals surface area contributed by atoms with E-state index in [1.165, 1.54) is 25.7 Å². The molecule has 0 atom stereocenters. The van der Waals surface area contributed by atoms with E-state index in [0.29, 0.717) is 72.7 Å². The fourth-order valence-electron chi connectivity index (χ4n) is 2.05. The molecule has 0 aromatic rings. The van der Waals surface area contributed by atoms with Crippen LogP contribution < -0.4 is 0 Å². The van der Waals surface area contributed by atoms with Crippen molar-refractivity contribution in [2.75, 3.05) is 79.3 Å². The normalized spacial score (nSPS) is 11.5. The predicted octanol–water partition coefficient (Wildman–Crippen LogP) is 2.56. The summed E-state index contributed by atoms with van der Waals surface area (Å²) in [5, 5.41) is 8.52. The fraction of sp³-hybridized carbons (Fsp3) is 0.900. The maximum absolute atomic E-state index is 8.52. The summed E-state index contributed by atoms with van der Waals surface area (Å²) >= 11 is 0. The molecular formula is C20H40O7. The second-order valence-corrected chi connectivity index (χ2v) is 5.88. The van der Waals surface area contributed by atoms with Crippen molar-refractivity contribution in [3.63, 3.8) is 0 Å². The van der Waals surface area contributed by atoms with Crippen LogP contribution in [0.5, 0.6) is 0 Å². The van der Waals surface area contributed by atoms with Gasteiger partial charge < -0.3 is 33.5 Å². The Bertz CT molecular complexity index is 288. The number of allylic oxidation sites excluding steroid dienone is 1. The van der Waals surface area contributed by atoms with Crippen LogP contribution in [0, 0.1) is 0 Å². The highest BCUT2D eigenvalue weighted by Gasteiger charge is 1.93. The summed E-state index contributed by atoms with van der Waals surface area (Å²) < 4.78 is 31.9. The van der Waals surface area contributed by atoms with Crippen molar-refractivity contribution in [1.29, 1.82) is 0 Å². The number of aliphatic hydroxyl groups is 1. The van der Waals surface area contributed by atoms with E-state index in [0.717, 1.165) is 6.42 Å². The monoisotopic (exact) mass is 392 g/mol. The lowest BCUT2D eigenvalue weighted by Crippen LogP contribution is -2.14. The second-order valence-electron chi connectivity index (χ2n) is 5.88. The zero-order valence-electron chi connectivity index (χ0n) is 17.1. The molecule has 0 aliphatic heterocycles. The van der Waals surface area contributed by atoms with Gasteiger partial charge in [-0.2, -0.15) is 0 Å². The number of unbranched alkanes of at least 4 members (excludes halogenated alkanes) is 4. The van der Waals surface area contributed by atoms with Gasteiger partial charge in [-0.1, -0.05) is 26.2 Å². The van der Waals surface area contributed by atoms with Crippen LogP contribution >= 0.6 is 0 Å². The Balaban J connectivity index is 3.02. The SMILES string of the molecule is CCCCCC/C=C/OCCOCCOCCOCCOCCOCCO. The number of hydrogen-bond donors (Lipinski definition) is 1. The standard InChI is InChI=1S/C20H40O7/c1-2-3-4-5-6-7-9-22-11-13-24-15-17-26-19-20-27-18-16-25-14-12-23-10-8-21/h7,9,21H,2-6,8,10-20H2,1H3/b9-7+. The van der Waals surface area contributed by atoms with Crippen molar-refractivity contribution in [1.82, 2.24) is 0 Å². The first kappa shape index (κ1) is 26.3. The molecule has 0 amide bonds. The van der Waals surface area contributed by atoms with Gasteiger partial charge in [-0.05, 0) is 18.9 Å². The molecule has 1 N–H and O–H groups in total. The molecule has 0 heterocycles. The quantitative estimate of drug-likeness (QED) is 0.212. The van der Waals surface area contributed by atoms with Crippen molar-refractivity contribution in [2.45, 2.75) is 39.0 Å². The predicted molar refractivity (Wildman–Crippen MR) is 105 cm³/mol. The number of aliphatic hydroxyl groups excluding tert-OH is 1. The maximum atomic E-state index is 8.52. The molecule has 0 rings (SSSR count). The van der Waals surface area contributed by atoms with Gasteiger partial charge in [-0.25, -0.2) is 0 Å². The molecule has 7 nitrogen and oxygen atoms in total. The Kier molecular flexibility index (Phi) is 24.6. The van der Waals surface area contributed by atoms with Crippen molar-refractivity contribution in [3.8, 4) is 0 Å².